The van der Waals surface area contributed by atoms with Gasteiger partial charge in [0.2, 0.25) is 0 Å². The zero-order valence-electron chi connectivity index (χ0n) is 12.7. The molecule has 1 aromatic heterocycles. The molecule has 112 valence electrons. The number of aromatic nitrogens is 1. The molecule has 0 spiro atoms. The molecular formula is C15H24ClN3S. The molecule has 2 rings (SSSR count). The van der Waals surface area contributed by atoms with Crippen molar-refractivity contribution in [2.24, 2.45) is 0 Å². The number of anilines is 1. The molecule has 0 radical (unpaired) electrons. The van der Waals surface area contributed by atoms with Gasteiger partial charge in [-0.05, 0) is 38.1 Å². The number of nitrogens with zero attached hydrogens (tertiary/aromatic N) is 2. The molecule has 3 nitrogen and oxygen atoms in total. The van der Waals surface area contributed by atoms with E-state index < -0.39 is 0 Å². The van der Waals surface area contributed by atoms with E-state index in [9.17, 15) is 0 Å². The van der Waals surface area contributed by atoms with Gasteiger partial charge in [0, 0.05) is 13.1 Å². The molecule has 0 aliphatic carbocycles. The molecular weight excluding hydrogens is 290 g/mol. The quantitative estimate of drug-likeness (QED) is 0.870. The van der Waals surface area contributed by atoms with Crippen LogP contribution in [0.1, 0.15) is 25.0 Å². The van der Waals surface area contributed by atoms with Crippen molar-refractivity contribution in [2.75, 3.05) is 31.5 Å². The molecule has 1 heterocycles. The Hall–Kier alpha value is -0.840. The molecule has 2 aromatic rings. The lowest BCUT2D eigenvalue weighted by atomic mass is 10.1. The van der Waals surface area contributed by atoms with E-state index in [1.54, 1.807) is 11.3 Å². The number of aryl methyl sites for hydroxylation is 2. The summed E-state index contributed by atoms with van der Waals surface area (Å²) < 4.78 is 1.31. The predicted molar refractivity (Wildman–Crippen MR) is 92.6 cm³/mol. The summed E-state index contributed by atoms with van der Waals surface area (Å²) in [5.41, 5.74) is 3.72. The Kier molecular flexibility index (Phi) is 6.72. The van der Waals surface area contributed by atoms with Crippen molar-refractivity contribution >= 4 is 39.1 Å². The first-order chi connectivity index (χ1) is 9.15. The second-order valence-electron chi connectivity index (χ2n) is 4.85. The van der Waals surface area contributed by atoms with Crippen LogP contribution in [0.4, 0.5) is 5.13 Å². The third kappa shape index (κ3) is 3.84. The molecule has 1 N–H and O–H groups in total. The zero-order chi connectivity index (χ0) is 13.8. The topological polar surface area (TPSA) is 28.2 Å². The van der Waals surface area contributed by atoms with Crippen LogP contribution in [0.2, 0.25) is 0 Å². The van der Waals surface area contributed by atoms with Crippen LogP contribution in [0.5, 0.6) is 0 Å². The second kappa shape index (κ2) is 7.81. The molecule has 0 aliphatic rings. The van der Waals surface area contributed by atoms with E-state index >= 15 is 0 Å². The molecule has 0 aliphatic heterocycles. The number of hydrogen-bond acceptors (Lipinski definition) is 4. The molecule has 0 saturated carbocycles. The molecule has 0 saturated heterocycles. The van der Waals surface area contributed by atoms with Crippen molar-refractivity contribution in [3.63, 3.8) is 0 Å². The summed E-state index contributed by atoms with van der Waals surface area (Å²) in [6, 6.07) is 4.33. The average Bonchev–Trinajstić information content (AvgIpc) is 2.84. The minimum absolute atomic E-state index is 0. The third-order valence-corrected chi connectivity index (χ3v) is 4.69. The zero-order valence-corrected chi connectivity index (χ0v) is 14.3. The fourth-order valence-corrected chi connectivity index (χ4v) is 3.23. The number of hydrogen-bond donors (Lipinski definition) is 1. The molecule has 0 unspecified atom stereocenters. The Balaban J connectivity index is 0.00000200. The molecule has 1 aromatic carbocycles. The normalized spacial score (nSPS) is 10.8. The van der Waals surface area contributed by atoms with Crippen molar-refractivity contribution in [1.82, 2.24) is 9.88 Å². The van der Waals surface area contributed by atoms with Crippen LogP contribution in [0, 0.1) is 13.8 Å². The molecule has 5 heteroatoms. The summed E-state index contributed by atoms with van der Waals surface area (Å²) in [6.07, 6.45) is 0. The maximum atomic E-state index is 4.71. The minimum Gasteiger partial charge on any atom is -0.360 e. The SMILES string of the molecule is CCN(CC)CCNc1nc2c(C)ccc(C)c2s1.Cl. The molecule has 0 atom stereocenters. The summed E-state index contributed by atoms with van der Waals surface area (Å²) in [5, 5.41) is 4.49. The van der Waals surface area contributed by atoms with E-state index in [0.717, 1.165) is 36.8 Å². The van der Waals surface area contributed by atoms with Crippen LogP contribution in [0.25, 0.3) is 10.2 Å². The van der Waals surface area contributed by atoms with Crippen molar-refractivity contribution in [1.29, 1.82) is 0 Å². The number of fused-ring (bicyclic) bond motifs is 1. The van der Waals surface area contributed by atoms with Crippen molar-refractivity contribution < 1.29 is 0 Å². The van der Waals surface area contributed by atoms with Crippen molar-refractivity contribution in [3.05, 3.63) is 23.3 Å². The molecule has 0 amide bonds. The van der Waals surface area contributed by atoms with Gasteiger partial charge in [0.1, 0.15) is 0 Å². The van der Waals surface area contributed by atoms with Gasteiger partial charge >= 0.3 is 0 Å². The maximum absolute atomic E-state index is 4.71. The molecule has 0 bridgehead atoms. The Bertz CT molecular complexity index is 510. The highest BCUT2D eigenvalue weighted by atomic mass is 35.5. The monoisotopic (exact) mass is 313 g/mol. The first kappa shape index (κ1) is 17.2. The Morgan fingerprint density at radius 1 is 1.15 bits per heavy atom. The lowest BCUT2D eigenvalue weighted by molar-refractivity contribution is 0.316. The number of rotatable bonds is 6. The highest BCUT2D eigenvalue weighted by Gasteiger charge is 2.08. The standard InChI is InChI=1S/C15H23N3S.ClH/c1-5-18(6-2)10-9-16-15-17-13-11(3)7-8-12(4)14(13)19-15;/h7-8H,5-6,9-10H2,1-4H3,(H,16,17);1H. The van der Waals surface area contributed by atoms with E-state index in [1.807, 2.05) is 0 Å². The van der Waals surface area contributed by atoms with Gasteiger partial charge in [-0.15, -0.1) is 12.4 Å². The van der Waals surface area contributed by atoms with Gasteiger partial charge in [-0.1, -0.05) is 37.3 Å². The van der Waals surface area contributed by atoms with Crippen molar-refractivity contribution in [2.45, 2.75) is 27.7 Å². The fraction of sp³-hybridized carbons (Fsp3) is 0.533. The Labute approximate surface area is 131 Å². The smallest absolute Gasteiger partial charge is 0.183 e. The highest BCUT2D eigenvalue weighted by Crippen LogP contribution is 2.30. The first-order valence-electron chi connectivity index (χ1n) is 6.98. The van der Waals surface area contributed by atoms with Gasteiger partial charge in [0.15, 0.2) is 5.13 Å². The number of halogens is 1. The van der Waals surface area contributed by atoms with E-state index in [-0.39, 0.29) is 12.4 Å². The first-order valence-corrected chi connectivity index (χ1v) is 7.80. The van der Waals surface area contributed by atoms with Crippen molar-refractivity contribution in [3.8, 4) is 0 Å². The lowest BCUT2D eigenvalue weighted by Gasteiger charge is -2.17. The minimum atomic E-state index is 0. The van der Waals surface area contributed by atoms with Crippen LogP contribution < -0.4 is 5.32 Å². The van der Waals surface area contributed by atoms with Crippen LogP contribution in [0.15, 0.2) is 12.1 Å². The van der Waals surface area contributed by atoms with Crippen LogP contribution in [-0.4, -0.2) is 36.1 Å². The summed E-state index contributed by atoms with van der Waals surface area (Å²) in [7, 11) is 0. The lowest BCUT2D eigenvalue weighted by Crippen LogP contribution is -2.28. The summed E-state index contributed by atoms with van der Waals surface area (Å²) in [5.74, 6) is 0. The van der Waals surface area contributed by atoms with Gasteiger partial charge in [-0.3, -0.25) is 0 Å². The van der Waals surface area contributed by atoms with Gasteiger partial charge in [-0.2, -0.15) is 0 Å². The van der Waals surface area contributed by atoms with E-state index in [1.165, 1.54) is 15.8 Å². The van der Waals surface area contributed by atoms with E-state index in [4.69, 9.17) is 4.98 Å². The number of thiazole rings is 1. The fourth-order valence-electron chi connectivity index (χ4n) is 2.20. The second-order valence-corrected chi connectivity index (χ2v) is 5.85. The van der Waals surface area contributed by atoms with Gasteiger partial charge in [0.25, 0.3) is 0 Å². The number of benzene rings is 1. The summed E-state index contributed by atoms with van der Waals surface area (Å²) in [4.78, 5) is 7.12. The Morgan fingerprint density at radius 3 is 2.40 bits per heavy atom. The van der Waals surface area contributed by atoms with Crippen LogP contribution >= 0.6 is 23.7 Å². The largest absolute Gasteiger partial charge is 0.360 e. The number of nitrogens with one attached hydrogen (secondary N) is 1. The summed E-state index contributed by atoms with van der Waals surface area (Å²) in [6.45, 7) is 12.9. The maximum Gasteiger partial charge on any atom is 0.183 e. The summed E-state index contributed by atoms with van der Waals surface area (Å²) >= 11 is 1.76. The van der Waals surface area contributed by atoms with Gasteiger partial charge in [0.05, 0.1) is 10.2 Å². The number of likely N-dealkylation sites (N-methyl/N-ethyl adjacent to an activating group) is 1. The van der Waals surface area contributed by atoms with Gasteiger partial charge < -0.3 is 10.2 Å². The van der Waals surface area contributed by atoms with Gasteiger partial charge in [-0.25, -0.2) is 4.98 Å². The van der Waals surface area contributed by atoms with Crippen LogP contribution in [0.3, 0.4) is 0 Å². The van der Waals surface area contributed by atoms with Crippen LogP contribution in [-0.2, 0) is 0 Å². The third-order valence-electron chi connectivity index (χ3n) is 3.54. The molecule has 20 heavy (non-hydrogen) atoms. The Morgan fingerprint density at radius 2 is 1.80 bits per heavy atom. The van der Waals surface area contributed by atoms with E-state index in [0.29, 0.717) is 0 Å². The molecule has 0 fully saturated rings. The highest BCUT2D eigenvalue weighted by molar-refractivity contribution is 7.22. The average molecular weight is 314 g/mol. The van der Waals surface area contributed by atoms with E-state index in [2.05, 4.69) is 50.0 Å². The predicted octanol–water partition coefficient (Wildman–Crippen LogP) is 4.09.